The highest BCUT2D eigenvalue weighted by Gasteiger charge is 2.43. The van der Waals surface area contributed by atoms with E-state index in [-0.39, 0.29) is 29.2 Å². The number of rotatable bonds is 3. The van der Waals surface area contributed by atoms with E-state index in [1.807, 2.05) is 29.2 Å². The van der Waals surface area contributed by atoms with Crippen molar-refractivity contribution in [2.75, 3.05) is 31.1 Å². The Hall–Kier alpha value is -1.70. The van der Waals surface area contributed by atoms with Crippen LogP contribution in [0.25, 0.3) is 0 Å². The number of fused-ring (bicyclic) bond motifs is 1. The lowest BCUT2D eigenvalue weighted by Gasteiger charge is -2.43. The highest BCUT2D eigenvalue weighted by atomic mass is 35.5. The zero-order valence-corrected chi connectivity index (χ0v) is 20.6. The van der Waals surface area contributed by atoms with Gasteiger partial charge in [-0.3, -0.25) is 19.4 Å². The number of alkyl halides is 1. The molecule has 3 atom stereocenters. The van der Waals surface area contributed by atoms with Gasteiger partial charge in [0.05, 0.1) is 11.6 Å². The number of hydrogen-bond donors (Lipinski definition) is 1. The number of nitrogens with one attached hydrogen (secondary N) is 1. The maximum atomic E-state index is 13.3. The summed E-state index contributed by atoms with van der Waals surface area (Å²) in [6, 6.07) is 8.05. The highest BCUT2D eigenvalue weighted by Crippen LogP contribution is 2.34. The zero-order chi connectivity index (χ0) is 22.9. The molecule has 1 aromatic carbocycles. The molecule has 2 saturated carbocycles. The predicted molar refractivity (Wildman–Crippen MR) is 135 cm³/mol. The third kappa shape index (κ3) is 4.77. The van der Waals surface area contributed by atoms with Crippen molar-refractivity contribution in [1.29, 1.82) is 0 Å². The van der Waals surface area contributed by atoms with Gasteiger partial charge in [-0.05, 0) is 62.5 Å². The molecule has 2 aliphatic heterocycles. The van der Waals surface area contributed by atoms with E-state index >= 15 is 0 Å². The van der Waals surface area contributed by atoms with Gasteiger partial charge in [0, 0.05) is 49.2 Å². The molecule has 2 saturated heterocycles. The van der Waals surface area contributed by atoms with Gasteiger partial charge < -0.3 is 10.2 Å². The van der Waals surface area contributed by atoms with Gasteiger partial charge in [-0.25, -0.2) is 0 Å². The Morgan fingerprint density at radius 1 is 1.03 bits per heavy atom. The van der Waals surface area contributed by atoms with Gasteiger partial charge in [0.1, 0.15) is 0 Å². The fourth-order valence-corrected chi connectivity index (χ4v) is 6.67. The van der Waals surface area contributed by atoms with E-state index in [4.69, 9.17) is 23.8 Å². The number of amides is 2. The van der Waals surface area contributed by atoms with Crippen molar-refractivity contribution in [3.8, 4) is 0 Å². The Kier molecular flexibility index (Phi) is 6.91. The number of carbonyl (C=O) groups excluding carboxylic acids is 2. The number of benzene rings is 1. The summed E-state index contributed by atoms with van der Waals surface area (Å²) in [4.78, 5) is 32.7. The Bertz CT molecular complexity index is 913. The molecular weight excluding hydrogens is 456 g/mol. The molecule has 3 unspecified atom stereocenters. The second-order valence-electron chi connectivity index (χ2n) is 9.92. The number of halogens is 1. The summed E-state index contributed by atoms with van der Waals surface area (Å²) >= 11 is 11.9. The summed E-state index contributed by atoms with van der Waals surface area (Å²) < 4.78 is 0. The van der Waals surface area contributed by atoms with Crippen molar-refractivity contribution < 1.29 is 9.59 Å². The van der Waals surface area contributed by atoms with Crippen molar-refractivity contribution in [2.24, 2.45) is 5.92 Å². The van der Waals surface area contributed by atoms with Crippen LogP contribution in [-0.4, -0.2) is 70.4 Å². The predicted octanol–water partition coefficient (Wildman–Crippen LogP) is 3.77. The molecule has 0 radical (unpaired) electrons. The number of piperazine rings is 1. The van der Waals surface area contributed by atoms with Crippen LogP contribution in [0.3, 0.4) is 0 Å². The summed E-state index contributed by atoms with van der Waals surface area (Å²) in [5.41, 5.74) is 1.27. The van der Waals surface area contributed by atoms with E-state index in [9.17, 15) is 9.59 Å². The second-order valence-corrected chi connectivity index (χ2v) is 10.9. The fraction of sp³-hybridized carbons (Fsp3) is 0.640. The normalized spacial score (nSPS) is 29.5. The van der Waals surface area contributed by atoms with E-state index < -0.39 is 0 Å². The van der Waals surface area contributed by atoms with Gasteiger partial charge in [-0.1, -0.05) is 25.3 Å². The third-order valence-corrected chi connectivity index (χ3v) is 8.58. The minimum atomic E-state index is -0.126. The summed E-state index contributed by atoms with van der Waals surface area (Å²) in [7, 11) is 0. The Balaban J connectivity index is 1.26. The van der Waals surface area contributed by atoms with E-state index in [1.165, 1.54) is 32.1 Å². The van der Waals surface area contributed by atoms with Gasteiger partial charge in [-0.15, -0.1) is 11.6 Å². The topological polar surface area (TPSA) is 55.9 Å². The summed E-state index contributed by atoms with van der Waals surface area (Å²) in [5, 5.41) is 3.81. The van der Waals surface area contributed by atoms with Crippen molar-refractivity contribution >= 4 is 46.4 Å². The lowest BCUT2D eigenvalue weighted by molar-refractivity contribution is -0.123. The largest absolute Gasteiger partial charge is 0.358 e. The van der Waals surface area contributed by atoms with Crippen LogP contribution in [0.1, 0.15) is 61.7 Å². The molecule has 1 aromatic rings. The third-order valence-electron chi connectivity index (χ3n) is 7.88. The highest BCUT2D eigenvalue weighted by molar-refractivity contribution is 7.80. The molecule has 0 bridgehead atoms. The van der Waals surface area contributed by atoms with E-state index in [0.717, 1.165) is 45.4 Å². The standard InChI is InChI=1S/C25H33ClN4O2S/c26-18-9-10-21-22(16-18)27-25(33)30(24(21)32)20-8-4-5-17(15-20)23(31)29-13-11-28(12-14-29)19-6-2-1-3-7-19/h4-5,8,15,18-19,21-22H,1-3,6-7,9-14,16H2,(H,27,33). The number of nitrogens with zero attached hydrogens (tertiary/aromatic N) is 3. The molecule has 2 aliphatic carbocycles. The summed E-state index contributed by atoms with van der Waals surface area (Å²) in [6.07, 6.45) is 8.95. The van der Waals surface area contributed by atoms with Crippen LogP contribution in [0, 0.1) is 5.92 Å². The monoisotopic (exact) mass is 488 g/mol. The number of thiocarbonyl (C=S) groups is 1. The number of anilines is 1. The molecule has 178 valence electrons. The van der Waals surface area contributed by atoms with Crippen LogP contribution in [-0.2, 0) is 4.79 Å². The zero-order valence-electron chi connectivity index (χ0n) is 19.0. The number of carbonyl (C=O) groups is 2. The Morgan fingerprint density at radius 2 is 1.79 bits per heavy atom. The van der Waals surface area contributed by atoms with E-state index in [2.05, 4.69) is 10.2 Å². The maximum absolute atomic E-state index is 13.3. The Morgan fingerprint density at radius 3 is 2.55 bits per heavy atom. The molecule has 33 heavy (non-hydrogen) atoms. The molecule has 4 aliphatic rings. The molecule has 6 nitrogen and oxygen atoms in total. The molecule has 4 fully saturated rings. The minimum absolute atomic E-state index is 0.00257. The quantitative estimate of drug-likeness (QED) is 0.518. The summed E-state index contributed by atoms with van der Waals surface area (Å²) in [5.74, 6) is -0.0825. The first-order chi connectivity index (χ1) is 16.0. The first-order valence-electron chi connectivity index (χ1n) is 12.4. The van der Waals surface area contributed by atoms with Gasteiger partial charge >= 0.3 is 0 Å². The molecule has 0 spiro atoms. The van der Waals surface area contributed by atoms with Crippen molar-refractivity contribution in [2.45, 2.75) is 68.8 Å². The van der Waals surface area contributed by atoms with Crippen molar-refractivity contribution in [3.63, 3.8) is 0 Å². The van der Waals surface area contributed by atoms with E-state index in [0.29, 0.717) is 22.4 Å². The van der Waals surface area contributed by atoms with Crippen LogP contribution in [0.15, 0.2) is 24.3 Å². The smallest absolute Gasteiger partial charge is 0.254 e. The molecule has 2 heterocycles. The number of hydrogen-bond acceptors (Lipinski definition) is 4. The van der Waals surface area contributed by atoms with Crippen LogP contribution < -0.4 is 10.2 Å². The molecule has 5 rings (SSSR count). The molecule has 2 amide bonds. The summed E-state index contributed by atoms with van der Waals surface area (Å²) in [6.45, 7) is 3.40. The van der Waals surface area contributed by atoms with Crippen molar-refractivity contribution in [3.05, 3.63) is 29.8 Å². The lowest BCUT2D eigenvalue weighted by atomic mass is 9.82. The molecular formula is C25H33ClN4O2S. The van der Waals surface area contributed by atoms with Crippen LogP contribution in [0.5, 0.6) is 0 Å². The first kappa shape index (κ1) is 23.1. The van der Waals surface area contributed by atoms with Crippen LogP contribution >= 0.6 is 23.8 Å². The lowest BCUT2D eigenvalue weighted by Crippen LogP contribution is -2.61. The van der Waals surface area contributed by atoms with Gasteiger partial charge in [-0.2, -0.15) is 0 Å². The average molecular weight is 489 g/mol. The second kappa shape index (κ2) is 9.88. The molecule has 0 aromatic heterocycles. The first-order valence-corrected chi connectivity index (χ1v) is 13.3. The maximum Gasteiger partial charge on any atom is 0.254 e. The van der Waals surface area contributed by atoms with Gasteiger partial charge in [0.2, 0.25) is 5.91 Å². The van der Waals surface area contributed by atoms with Gasteiger partial charge in [0.25, 0.3) is 5.91 Å². The SMILES string of the molecule is O=C(c1cccc(N2C(=O)C3CCC(Cl)CC3NC2=S)c1)N1CCN(C2CCCCC2)CC1. The van der Waals surface area contributed by atoms with Gasteiger partial charge in [0.15, 0.2) is 5.11 Å². The van der Waals surface area contributed by atoms with Crippen molar-refractivity contribution in [1.82, 2.24) is 15.1 Å². The average Bonchev–Trinajstić information content (AvgIpc) is 2.84. The minimum Gasteiger partial charge on any atom is -0.358 e. The van der Waals surface area contributed by atoms with Crippen LogP contribution in [0.2, 0.25) is 0 Å². The Labute approximate surface area is 206 Å². The fourth-order valence-electron chi connectivity index (χ4n) is 6.00. The molecule has 1 N–H and O–H groups in total. The van der Waals surface area contributed by atoms with E-state index in [1.54, 1.807) is 4.90 Å². The van der Waals surface area contributed by atoms with Crippen LogP contribution in [0.4, 0.5) is 5.69 Å². The molecule has 8 heteroatoms.